The van der Waals surface area contributed by atoms with Gasteiger partial charge in [0.1, 0.15) is 0 Å². The van der Waals surface area contributed by atoms with Crippen LogP contribution in [0, 0.1) is 0 Å². The van der Waals surface area contributed by atoms with E-state index in [0.717, 1.165) is 27.8 Å². The van der Waals surface area contributed by atoms with Gasteiger partial charge in [-0.3, -0.25) is 0 Å². The molecule has 6 heteroatoms. The summed E-state index contributed by atoms with van der Waals surface area (Å²) in [5, 5.41) is 0. The first-order chi connectivity index (χ1) is 12.6. The fraction of sp³-hybridized carbons (Fsp3) is 0.400. The second-order valence-corrected chi connectivity index (χ2v) is 6.87. The third-order valence-corrected chi connectivity index (χ3v) is 5.38. The predicted octanol–water partition coefficient (Wildman–Crippen LogP) is 4.34. The molecule has 1 aliphatic heterocycles. The summed E-state index contributed by atoms with van der Waals surface area (Å²) in [4.78, 5) is 0. The van der Waals surface area contributed by atoms with Crippen molar-refractivity contribution < 1.29 is 23.7 Å². The summed E-state index contributed by atoms with van der Waals surface area (Å²) in [5.74, 6) is 2.86. The molecule has 2 aromatic carbocycles. The van der Waals surface area contributed by atoms with E-state index in [4.69, 9.17) is 23.7 Å². The number of benzene rings is 2. The summed E-state index contributed by atoms with van der Waals surface area (Å²) in [6.07, 6.45) is 1.51. The molecule has 0 amide bonds. The van der Waals surface area contributed by atoms with Crippen LogP contribution in [0.3, 0.4) is 0 Å². The van der Waals surface area contributed by atoms with Crippen molar-refractivity contribution in [3.63, 3.8) is 0 Å². The molecule has 140 valence electrons. The number of rotatable bonds is 6. The molecule has 3 rings (SSSR count). The summed E-state index contributed by atoms with van der Waals surface area (Å²) < 4.78 is 28.7. The van der Waals surface area contributed by atoms with Gasteiger partial charge in [-0.05, 0) is 47.4 Å². The van der Waals surface area contributed by atoms with Crippen LogP contribution in [0.4, 0.5) is 0 Å². The standard InChI is InChI=1S/C20H23BrO5/c1-22-17-7-12-5-6-26-16(14(12)10-19(17)24-3)8-13-9-18(23-2)20(25-4)11-15(13)21/h7,9-11,16H,5-6,8H2,1-4H3/t16-/m1/s1. The lowest BCUT2D eigenvalue weighted by Crippen LogP contribution is -2.19. The molecule has 0 unspecified atom stereocenters. The minimum Gasteiger partial charge on any atom is -0.493 e. The van der Waals surface area contributed by atoms with Gasteiger partial charge in [-0.2, -0.15) is 0 Å². The van der Waals surface area contributed by atoms with Crippen molar-refractivity contribution >= 4 is 15.9 Å². The number of fused-ring (bicyclic) bond motifs is 1. The van der Waals surface area contributed by atoms with E-state index < -0.39 is 0 Å². The lowest BCUT2D eigenvalue weighted by molar-refractivity contribution is 0.0422. The van der Waals surface area contributed by atoms with Gasteiger partial charge in [0, 0.05) is 10.9 Å². The number of methoxy groups -OCH3 is 4. The van der Waals surface area contributed by atoms with Crippen LogP contribution in [0.15, 0.2) is 28.7 Å². The molecule has 1 aliphatic rings. The van der Waals surface area contributed by atoms with E-state index in [-0.39, 0.29) is 6.10 Å². The number of halogens is 1. The van der Waals surface area contributed by atoms with Crippen LogP contribution in [0.2, 0.25) is 0 Å². The monoisotopic (exact) mass is 422 g/mol. The third-order valence-electron chi connectivity index (χ3n) is 4.64. The molecule has 0 saturated carbocycles. The first kappa shape index (κ1) is 18.9. The maximum absolute atomic E-state index is 6.08. The Morgan fingerprint density at radius 1 is 0.885 bits per heavy atom. The Morgan fingerprint density at radius 3 is 2.12 bits per heavy atom. The zero-order valence-electron chi connectivity index (χ0n) is 15.4. The molecule has 26 heavy (non-hydrogen) atoms. The molecule has 5 nitrogen and oxygen atoms in total. The van der Waals surface area contributed by atoms with Crippen molar-refractivity contribution in [2.24, 2.45) is 0 Å². The lowest BCUT2D eigenvalue weighted by Gasteiger charge is -2.28. The van der Waals surface area contributed by atoms with E-state index in [1.54, 1.807) is 28.4 Å². The van der Waals surface area contributed by atoms with Crippen molar-refractivity contribution in [2.45, 2.75) is 18.9 Å². The molecule has 0 bridgehead atoms. The zero-order valence-corrected chi connectivity index (χ0v) is 17.0. The number of ether oxygens (including phenoxy) is 5. The molecule has 0 saturated heterocycles. The van der Waals surface area contributed by atoms with Gasteiger partial charge in [0.2, 0.25) is 0 Å². The molecule has 2 aromatic rings. The molecular formula is C20H23BrO5. The Bertz CT molecular complexity index is 790. The first-order valence-electron chi connectivity index (χ1n) is 8.38. The Morgan fingerprint density at radius 2 is 1.46 bits per heavy atom. The molecule has 0 fully saturated rings. The Kier molecular flexibility index (Phi) is 5.94. The summed E-state index contributed by atoms with van der Waals surface area (Å²) in [6.45, 7) is 0.679. The zero-order chi connectivity index (χ0) is 18.7. The van der Waals surface area contributed by atoms with E-state index in [9.17, 15) is 0 Å². The molecule has 0 spiro atoms. The molecular weight excluding hydrogens is 400 g/mol. The highest BCUT2D eigenvalue weighted by Crippen LogP contribution is 2.40. The largest absolute Gasteiger partial charge is 0.493 e. The summed E-state index contributed by atoms with van der Waals surface area (Å²) in [7, 11) is 6.57. The van der Waals surface area contributed by atoms with Crippen molar-refractivity contribution in [3.8, 4) is 23.0 Å². The predicted molar refractivity (Wildman–Crippen MR) is 103 cm³/mol. The maximum atomic E-state index is 6.08. The van der Waals surface area contributed by atoms with Gasteiger partial charge in [0.05, 0.1) is 41.2 Å². The minimum atomic E-state index is -0.0621. The minimum absolute atomic E-state index is 0.0621. The topological polar surface area (TPSA) is 46.2 Å². The van der Waals surface area contributed by atoms with E-state index in [2.05, 4.69) is 15.9 Å². The Hall–Kier alpha value is -1.92. The average Bonchev–Trinajstić information content (AvgIpc) is 2.68. The molecule has 0 radical (unpaired) electrons. The van der Waals surface area contributed by atoms with Crippen LogP contribution < -0.4 is 18.9 Å². The van der Waals surface area contributed by atoms with E-state index in [1.165, 1.54) is 5.56 Å². The fourth-order valence-electron chi connectivity index (χ4n) is 3.28. The molecule has 0 N–H and O–H groups in total. The van der Waals surface area contributed by atoms with Gasteiger partial charge < -0.3 is 23.7 Å². The number of hydrogen-bond acceptors (Lipinski definition) is 5. The number of hydrogen-bond donors (Lipinski definition) is 0. The van der Waals surface area contributed by atoms with Crippen LogP contribution in [0.5, 0.6) is 23.0 Å². The third kappa shape index (κ3) is 3.62. The second kappa shape index (κ2) is 8.18. The summed E-state index contributed by atoms with van der Waals surface area (Å²) in [6, 6.07) is 7.98. The fourth-order valence-corrected chi connectivity index (χ4v) is 3.76. The van der Waals surface area contributed by atoms with Crippen molar-refractivity contribution in [1.29, 1.82) is 0 Å². The SMILES string of the molecule is COc1cc(Br)c(C[C@H]2OCCc3cc(OC)c(OC)cc32)cc1OC. The van der Waals surface area contributed by atoms with Crippen molar-refractivity contribution in [3.05, 3.63) is 45.4 Å². The highest BCUT2D eigenvalue weighted by molar-refractivity contribution is 9.10. The average molecular weight is 423 g/mol. The van der Waals surface area contributed by atoms with Crippen LogP contribution >= 0.6 is 15.9 Å². The first-order valence-corrected chi connectivity index (χ1v) is 9.17. The van der Waals surface area contributed by atoms with Gasteiger partial charge in [0.15, 0.2) is 23.0 Å². The van der Waals surface area contributed by atoms with Crippen molar-refractivity contribution in [2.75, 3.05) is 35.0 Å². The molecule has 0 aliphatic carbocycles. The summed E-state index contributed by atoms with van der Waals surface area (Å²) in [5.41, 5.74) is 3.46. The molecule has 1 atom stereocenters. The maximum Gasteiger partial charge on any atom is 0.161 e. The quantitative estimate of drug-likeness (QED) is 0.692. The van der Waals surface area contributed by atoms with Gasteiger partial charge in [-0.15, -0.1) is 0 Å². The van der Waals surface area contributed by atoms with E-state index in [1.807, 2.05) is 24.3 Å². The van der Waals surface area contributed by atoms with Crippen LogP contribution in [0.25, 0.3) is 0 Å². The highest BCUT2D eigenvalue weighted by Gasteiger charge is 2.25. The van der Waals surface area contributed by atoms with Gasteiger partial charge >= 0.3 is 0 Å². The molecule has 0 aromatic heterocycles. The van der Waals surface area contributed by atoms with Gasteiger partial charge in [0.25, 0.3) is 0 Å². The lowest BCUT2D eigenvalue weighted by atomic mass is 9.92. The Balaban J connectivity index is 1.96. The Labute approximate surface area is 162 Å². The van der Waals surface area contributed by atoms with Crippen LogP contribution in [-0.4, -0.2) is 35.0 Å². The van der Waals surface area contributed by atoms with Gasteiger partial charge in [-0.1, -0.05) is 15.9 Å². The van der Waals surface area contributed by atoms with Crippen LogP contribution in [0.1, 0.15) is 22.8 Å². The van der Waals surface area contributed by atoms with Crippen molar-refractivity contribution in [1.82, 2.24) is 0 Å². The second-order valence-electron chi connectivity index (χ2n) is 6.02. The van der Waals surface area contributed by atoms with E-state index >= 15 is 0 Å². The smallest absolute Gasteiger partial charge is 0.161 e. The summed E-state index contributed by atoms with van der Waals surface area (Å²) >= 11 is 3.63. The van der Waals surface area contributed by atoms with Crippen LogP contribution in [-0.2, 0) is 17.6 Å². The highest BCUT2D eigenvalue weighted by atomic mass is 79.9. The molecule has 1 heterocycles. The van der Waals surface area contributed by atoms with Gasteiger partial charge in [-0.25, -0.2) is 0 Å². The van der Waals surface area contributed by atoms with E-state index in [0.29, 0.717) is 30.3 Å². The normalized spacial score (nSPS) is 16.0.